The summed E-state index contributed by atoms with van der Waals surface area (Å²) in [4.78, 5) is 2.47. The van der Waals surface area contributed by atoms with E-state index in [2.05, 4.69) is 18.7 Å². The maximum Gasteiger partial charge on any atom is 0.150 e. The van der Waals surface area contributed by atoms with E-state index in [0.29, 0.717) is 6.42 Å². The summed E-state index contributed by atoms with van der Waals surface area (Å²) in [5.41, 5.74) is 6.29. The third-order valence-corrected chi connectivity index (χ3v) is 6.28. The monoisotopic (exact) mass is 290 g/mol. The van der Waals surface area contributed by atoms with Gasteiger partial charge in [-0.15, -0.1) is 0 Å². The van der Waals surface area contributed by atoms with Crippen LogP contribution in [-0.2, 0) is 9.84 Å². The number of sulfone groups is 1. The van der Waals surface area contributed by atoms with Crippen LogP contribution in [0.5, 0.6) is 0 Å². The van der Waals surface area contributed by atoms with E-state index in [1.807, 2.05) is 0 Å². The third-order valence-electron chi connectivity index (χ3n) is 4.49. The molecular weight excluding hydrogens is 260 g/mol. The zero-order chi connectivity index (χ0) is 14.5. The minimum absolute atomic E-state index is 0.0314. The van der Waals surface area contributed by atoms with Gasteiger partial charge in [0.2, 0.25) is 0 Å². The lowest BCUT2D eigenvalue weighted by atomic mass is 9.88. The summed E-state index contributed by atoms with van der Waals surface area (Å²) in [6.45, 7) is 8.32. The highest BCUT2D eigenvalue weighted by atomic mass is 32.2. The van der Waals surface area contributed by atoms with Crippen LogP contribution in [0.4, 0.5) is 0 Å². The fraction of sp³-hybridized carbons (Fsp3) is 1.00. The second-order valence-electron chi connectivity index (χ2n) is 6.19. The molecule has 4 nitrogen and oxygen atoms in total. The van der Waals surface area contributed by atoms with Crippen molar-refractivity contribution in [3.05, 3.63) is 0 Å². The molecule has 1 aliphatic rings. The Hall–Kier alpha value is -0.130. The fourth-order valence-electron chi connectivity index (χ4n) is 2.73. The van der Waals surface area contributed by atoms with Crippen LogP contribution in [0, 0.1) is 0 Å². The second-order valence-corrected chi connectivity index (χ2v) is 8.66. The molecule has 0 saturated carbocycles. The van der Waals surface area contributed by atoms with Gasteiger partial charge in [0.25, 0.3) is 0 Å². The Balaban J connectivity index is 2.44. The van der Waals surface area contributed by atoms with E-state index < -0.39 is 9.84 Å². The average Bonchev–Trinajstić information content (AvgIpc) is 2.39. The van der Waals surface area contributed by atoms with Crippen molar-refractivity contribution in [1.82, 2.24) is 4.90 Å². The predicted molar refractivity (Wildman–Crippen MR) is 81.0 cm³/mol. The number of piperidine rings is 1. The molecule has 0 radical (unpaired) electrons. The van der Waals surface area contributed by atoms with Crippen LogP contribution < -0.4 is 5.73 Å². The van der Waals surface area contributed by atoms with Gasteiger partial charge < -0.3 is 5.73 Å². The molecule has 0 aromatic carbocycles. The standard InChI is InChI=1S/C14H30N2O2S/c1-4-19(17,18)12-8-9-13(15)14(2,3)16-10-6-5-7-11-16/h13H,4-12,15H2,1-3H3. The number of nitrogens with two attached hydrogens (primary N) is 1. The van der Waals surface area contributed by atoms with Crippen LogP contribution in [-0.4, -0.2) is 49.5 Å². The molecule has 2 N–H and O–H groups in total. The van der Waals surface area contributed by atoms with E-state index in [0.717, 1.165) is 19.5 Å². The van der Waals surface area contributed by atoms with Gasteiger partial charge in [-0.05, 0) is 52.6 Å². The average molecular weight is 290 g/mol. The summed E-state index contributed by atoms with van der Waals surface area (Å²) in [5.74, 6) is 0.505. The topological polar surface area (TPSA) is 63.4 Å². The predicted octanol–water partition coefficient (Wildman–Crippen LogP) is 1.79. The molecule has 1 saturated heterocycles. The molecule has 0 bridgehead atoms. The molecule has 0 aliphatic carbocycles. The highest BCUT2D eigenvalue weighted by Gasteiger charge is 2.33. The Labute approximate surface area is 118 Å². The Morgan fingerprint density at radius 3 is 2.32 bits per heavy atom. The Kier molecular flexibility index (Phi) is 6.27. The molecule has 19 heavy (non-hydrogen) atoms. The zero-order valence-electron chi connectivity index (χ0n) is 12.7. The Bertz CT molecular complexity index is 360. The normalized spacial score (nSPS) is 20.4. The molecule has 0 aromatic rings. The SMILES string of the molecule is CCS(=O)(=O)CCCC(N)C(C)(C)N1CCCCC1. The van der Waals surface area contributed by atoms with E-state index in [1.54, 1.807) is 6.92 Å². The van der Waals surface area contributed by atoms with Crippen molar-refractivity contribution in [2.75, 3.05) is 24.6 Å². The highest BCUT2D eigenvalue weighted by molar-refractivity contribution is 7.91. The third kappa shape index (κ3) is 5.04. The number of hydrogen-bond acceptors (Lipinski definition) is 4. The van der Waals surface area contributed by atoms with Crippen LogP contribution in [0.1, 0.15) is 52.9 Å². The van der Waals surface area contributed by atoms with Gasteiger partial charge in [-0.25, -0.2) is 8.42 Å². The van der Waals surface area contributed by atoms with Gasteiger partial charge in [-0.1, -0.05) is 13.3 Å². The van der Waals surface area contributed by atoms with Crippen molar-refractivity contribution < 1.29 is 8.42 Å². The summed E-state index contributed by atoms with van der Waals surface area (Å²) < 4.78 is 23.0. The van der Waals surface area contributed by atoms with Crippen LogP contribution in [0.2, 0.25) is 0 Å². The van der Waals surface area contributed by atoms with Crippen LogP contribution in [0.3, 0.4) is 0 Å². The van der Waals surface area contributed by atoms with Crippen molar-refractivity contribution in [3.63, 3.8) is 0 Å². The van der Waals surface area contributed by atoms with Gasteiger partial charge in [0, 0.05) is 17.3 Å². The molecule has 1 aliphatic heterocycles. The van der Waals surface area contributed by atoms with Gasteiger partial charge in [-0.2, -0.15) is 0 Å². The lowest BCUT2D eigenvalue weighted by Gasteiger charge is -2.44. The lowest BCUT2D eigenvalue weighted by Crippen LogP contribution is -2.57. The molecule has 5 heteroatoms. The summed E-state index contributed by atoms with van der Waals surface area (Å²) >= 11 is 0. The van der Waals surface area contributed by atoms with Gasteiger partial charge in [-0.3, -0.25) is 4.90 Å². The first kappa shape index (κ1) is 16.9. The molecule has 114 valence electrons. The van der Waals surface area contributed by atoms with Gasteiger partial charge >= 0.3 is 0 Å². The number of rotatable bonds is 7. The fourth-order valence-corrected chi connectivity index (χ4v) is 3.62. The number of hydrogen-bond donors (Lipinski definition) is 1. The summed E-state index contributed by atoms with van der Waals surface area (Å²) in [5, 5.41) is 0. The first-order chi connectivity index (χ1) is 8.79. The van der Waals surface area contributed by atoms with Crippen molar-refractivity contribution in [2.45, 2.75) is 64.5 Å². The van der Waals surface area contributed by atoms with Crippen molar-refractivity contribution in [2.24, 2.45) is 5.73 Å². The minimum atomic E-state index is -2.85. The maximum atomic E-state index is 11.5. The van der Waals surface area contributed by atoms with E-state index in [1.165, 1.54) is 19.3 Å². The smallest absolute Gasteiger partial charge is 0.150 e. The van der Waals surface area contributed by atoms with Gasteiger partial charge in [0.15, 0.2) is 0 Å². The molecule has 1 rings (SSSR count). The summed E-state index contributed by atoms with van der Waals surface area (Å²) in [6, 6.07) is 0.0395. The molecule has 0 amide bonds. The Morgan fingerprint density at radius 2 is 1.79 bits per heavy atom. The molecule has 1 atom stereocenters. The maximum absolute atomic E-state index is 11.5. The molecular formula is C14H30N2O2S. The van der Waals surface area contributed by atoms with E-state index in [-0.39, 0.29) is 23.1 Å². The van der Waals surface area contributed by atoms with Crippen LogP contribution in [0.25, 0.3) is 0 Å². The van der Waals surface area contributed by atoms with Crippen LogP contribution in [0.15, 0.2) is 0 Å². The number of likely N-dealkylation sites (tertiary alicyclic amines) is 1. The highest BCUT2D eigenvalue weighted by Crippen LogP contribution is 2.25. The van der Waals surface area contributed by atoms with Crippen molar-refractivity contribution in [1.29, 1.82) is 0 Å². The molecule has 0 spiro atoms. The van der Waals surface area contributed by atoms with Crippen molar-refractivity contribution >= 4 is 9.84 Å². The van der Waals surface area contributed by atoms with E-state index >= 15 is 0 Å². The van der Waals surface area contributed by atoms with Gasteiger partial charge in [0.1, 0.15) is 9.84 Å². The first-order valence-corrected chi connectivity index (χ1v) is 9.33. The molecule has 1 fully saturated rings. The second kappa shape index (κ2) is 7.04. The Morgan fingerprint density at radius 1 is 1.21 bits per heavy atom. The van der Waals surface area contributed by atoms with Gasteiger partial charge in [0.05, 0.1) is 5.75 Å². The minimum Gasteiger partial charge on any atom is -0.326 e. The lowest BCUT2D eigenvalue weighted by molar-refractivity contribution is 0.0704. The van der Waals surface area contributed by atoms with Crippen molar-refractivity contribution in [3.8, 4) is 0 Å². The molecule has 0 aromatic heterocycles. The molecule has 1 heterocycles. The van der Waals surface area contributed by atoms with E-state index in [9.17, 15) is 8.42 Å². The zero-order valence-corrected chi connectivity index (χ0v) is 13.5. The summed E-state index contributed by atoms with van der Waals surface area (Å²) in [7, 11) is -2.85. The molecule has 1 unspecified atom stereocenters. The summed E-state index contributed by atoms with van der Waals surface area (Å²) in [6.07, 6.45) is 5.27. The van der Waals surface area contributed by atoms with E-state index in [4.69, 9.17) is 5.73 Å². The quantitative estimate of drug-likeness (QED) is 0.776. The number of nitrogens with zero attached hydrogens (tertiary/aromatic N) is 1. The largest absolute Gasteiger partial charge is 0.326 e. The first-order valence-electron chi connectivity index (χ1n) is 7.50. The van der Waals surface area contributed by atoms with Crippen LogP contribution >= 0.6 is 0 Å².